The van der Waals surface area contributed by atoms with Crippen molar-refractivity contribution >= 4 is 11.8 Å². The van der Waals surface area contributed by atoms with Crippen LogP contribution in [-0.4, -0.2) is 57.6 Å². The van der Waals surface area contributed by atoms with E-state index in [4.69, 9.17) is 4.74 Å². The van der Waals surface area contributed by atoms with Gasteiger partial charge in [-0.3, -0.25) is 9.59 Å². The Kier molecular flexibility index (Phi) is 4.54. The second kappa shape index (κ2) is 7.27. The quantitative estimate of drug-likeness (QED) is 0.655. The number of benzene rings is 2. The topological polar surface area (TPSA) is 67.7 Å². The Hall–Kier alpha value is -3.61. The van der Waals surface area contributed by atoms with Gasteiger partial charge in [0.1, 0.15) is 11.4 Å². The van der Waals surface area contributed by atoms with E-state index >= 15 is 0 Å². The van der Waals surface area contributed by atoms with E-state index in [0.29, 0.717) is 24.3 Å². The molecule has 0 bridgehead atoms. The number of carbonyl (C=O) groups is 2. The number of rotatable bonds is 4. The molecular weight excluding hydrogens is 392 g/mol. The van der Waals surface area contributed by atoms with Gasteiger partial charge in [-0.15, -0.1) is 0 Å². The fourth-order valence-corrected chi connectivity index (χ4v) is 4.63. The first kappa shape index (κ1) is 19.4. The Morgan fingerprint density at radius 2 is 1.74 bits per heavy atom. The van der Waals surface area contributed by atoms with Crippen molar-refractivity contribution in [2.75, 3.05) is 20.2 Å². The van der Waals surface area contributed by atoms with Gasteiger partial charge >= 0.3 is 0 Å². The number of fused-ring (bicyclic) bond motifs is 1. The van der Waals surface area contributed by atoms with Crippen molar-refractivity contribution in [3.05, 3.63) is 77.1 Å². The largest absolute Gasteiger partial charge is 0.497 e. The maximum atomic E-state index is 13.4. The van der Waals surface area contributed by atoms with E-state index in [1.54, 1.807) is 41.0 Å². The van der Waals surface area contributed by atoms with E-state index < -0.39 is 0 Å². The zero-order chi connectivity index (χ0) is 21.7. The molecule has 7 heteroatoms. The summed E-state index contributed by atoms with van der Waals surface area (Å²) in [5.74, 6) is 0.672. The molecule has 7 nitrogen and oxygen atoms in total. The van der Waals surface area contributed by atoms with Crippen molar-refractivity contribution in [3.63, 3.8) is 0 Å². The van der Waals surface area contributed by atoms with E-state index in [1.807, 2.05) is 49.1 Å². The maximum Gasteiger partial charge on any atom is 0.273 e. The van der Waals surface area contributed by atoms with Gasteiger partial charge in [-0.25, -0.2) is 4.68 Å². The smallest absolute Gasteiger partial charge is 0.273 e. The highest BCUT2D eigenvalue weighted by Crippen LogP contribution is 2.39. The Morgan fingerprint density at radius 1 is 1.06 bits per heavy atom. The number of aryl methyl sites for hydroxylation is 1. The number of hydrogen-bond acceptors (Lipinski definition) is 4. The zero-order valence-corrected chi connectivity index (χ0v) is 17.8. The third-order valence-electron chi connectivity index (χ3n) is 6.26. The molecular formula is C24H24N4O3. The van der Waals surface area contributed by atoms with Crippen LogP contribution in [0, 0.1) is 6.92 Å². The molecule has 0 spiro atoms. The van der Waals surface area contributed by atoms with Crippen LogP contribution >= 0.6 is 0 Å². The summed E-state index contributed by atoms with van der Waals surface area (Å²) in [6.45, 7) is 5.06. The molecule has 1 atom stereocenters. The lowest BCUT2D eigenvalue weighted by Gasteiger charge is -2.45. The number of likely N-dealkylation sites (tertiary alicyclic amines) is 1. The average Bonchev–Trinajstić information content (AvgIpc) is 3.24. The molecule has 0 N–H and O–H groups in total. The first-order chi connectivity index (χ1) is 15.0. The number of para-hydroxylation sites is 1. The van der Waals surface area contributed by atoms with Gasteiger partial charge in [0.25, 0.3) is 11.8 Å². The first-order valence-corrected chi connectivity index (χ1v) is 10.4. The van der Waals surface area contributed by atoms with E-state index in [-0.39, 0.29) is 23.9 Å². The number of aromatic nitrogens is 2. The number of hydrogen-bond donors (Lipinski definition) is 0. The summed E-state index contributed by atoms with van der Waals surface area (Å²) in [5.41, 5.74) is 3.98. The number of ether oxygens (including phenoxy) is 1. The molecule has 3 heterocycles. The van der Waals surface area contributed by atoms with Gasteiger partial charge in [0.2, 0.25) is 0 Å². The van der Waals surface area contributed by atoms with Crippen LogP contribution in [-0.2, 0) is 0 Å². The van der Waals surface area contributed by atoms with E-state index in [2.05, 4.69) is 5.10 Å². The van der Waals surface area contributed by atoms with Crippen molar-refractivity contribution in [3.8, 4) is 11.4 Å². The summed E-state index contributed by atoms with van der Waals surface area (Å²) in [7, 11) is 1.60. The minimum absolute atomic E-state index is 0.000668. The number of carbonyl (C=O) groups excluding carboxylic acids is 2. The summed E-state index contributed by atoms with van der Waals surface area (Å²) in [6.07, 6.45) is 0. The van der Waals surface area contributed by atoms with Crippen molar-refractivity contribution in [2.24, 2.45) is 0 Å². The Bertz CT molecular complexity index is 1150. The lowest BCUT2D eigenvalue weighted by Crippen LogP contribution is -2.61. The molecule has 1 aromatic heterocycles. The van der Waals surface area contributed by atoms with Crippen molar-refractivity contribution < 1.29 is 14.3 Å². The summed E-state index contributed by atoms with van der Waals surface area (Å²) >= 11 is 0. The fraction of sp³-hybridized carbons (Fsp3) is 0.292. The monoisotopic (exact) mass is 416 g/mol. The summed E-state index contributed by atoms with van der Waals surface area (Å²) in [4.78, 5) is 29.9. The highest BCUT2D eigenvalue weighted by atomic mass is 16.5. The first-order valence-electron chi connectivity index (χ1n) is 10.4. The second-order valence-corrected chi connectivity index (χ2v) is 8.08. The van der Waals surface area contributed by atoms with Crippen LogP contribution in [0.15, 0.2) is 54.6 Å². The highest BCUT2D eigenvalue weighted by Gasteiger charge is 2.47. The van der Waals surface area contributed by atoms with Crippen LogP contribution < -0.4 is 4.74 Å². The van der Waals surface area contributed by atoms with Gasteiger partial charge in [-0.05, 0) is 50.2 Å². The van der Waals surface area contributed by atoms with Crippen LogP contribution in [0.5, 0.6) is 5.75 Å². The van der Waals surface area contributed by atoms with E-state index in [0.717, 1.165) is 22.7 Å². The molecule has 0 saturated carbocycles. The van der Waals surface area contributed by atoms with Crippen molar-refractivity contribution in [2.45, 2.75) is 25.9 Å². The maximum absolute atomic E-state index is 13.4. The standard InChI is InChI=1S/C24H24N4O3/c1-15-21-16(2)27(24(30)22(21)28(25-15)18-7-5-4-6-8-18)19-13-26(14-19)23(29)17-9-11-20(31-3)12-10-17/h4-12,16,19H,13-14H2,1-3H3. The molecule has 0 aliphatic carbocycles. The van der Waals surface area contributed by atoms with Gasteiger partial charge in [0.15, 0.2) is 0 Å². The van der Waals surface area contributed by atoms with Crippen molar-refractivity contribution in [1.29, 1.82) is 0 Å². The molecule has 3 aromatic rings. The zero-order valence-electron chi connectivity index (χ0n) is 17.8. The molecule has 0 radical (unpaired) electrons. The minimum Gasteiger partial charge on any atom is -0.497 e. The Balaban J connectivity index is 1.34. The van der Waals surface area contributed by atoms with E-state index in [1.165, 1.54) is 0 Å². The molecule has 31 heavy (non-hydrogen) atoms. The number of nitrogens with zero attached hydrogens (tertiary/aromatic N) is 4. The van der Waals surface area contributed by atoms with Gasteiger partial charge in [-0.1, -0.05) is 18.2 Å². The van der Waals surface area contributed by atoms with Crippen LogP contribution in [0.1, 0.15) is 45.1 Å². The average molecular weight is 416 g/mol. The molecule has 158 valence electrons. The SMILES string of the molecule is COc1ccc(C(=O)N2CC(N3C(=O)c4c(c(C)nn4-c4ccccc4)C3C)C2)cc1. The van der Waals surface area contributed by atoms with Gasteiger partial charge in [-0.2, -0.15) is 5.10 Å². The molecule has 5 rings (SSSR count). The minimum atomic E-state index is -0.0665. The lowest BCUT2D eigenvalue weighted by atomic mass is 10.0. The normalized spacial score (nSPS) is 18.2. The Morgan fingerprint density at radius 3 is 2.39 bits per heavy atom. The van der Waals surface area contributed by atoms with Crippen LogP contribution in [0.4, 0.5) is 0 Å². The van der Waals surface area contributed by atoms with Gasteiger partial charge in [0.05, 0.1) is 30.6 Å². The van der Waals surface area contributed by atoms with Crippen LogP contribution in [0.25, 0.3) is 5.69 Å². The highest BCUT2D eigenvalue weighted by molar-refractivity contribution is 5.99. The van der Waals surface area contributed by atoms with Gasteiger partial charge < -0.3 is 14.5 Å². The molecule has 2 aliphatic heterocycles. The number of methoxy groups -OCH3 is 1. The summed E-state index contributed by atoms with van der Waals surface area (Å²) in [5, 5.41) is 4.63. The lowest BCUT2D eigenvalue weighted by molar-refractivity contribution is 0.0164. The van der Waals surface area contributed by atoms with E-state index in [9.17, 15) is 9.59 Å². The third kappa shape index (κ3) is 3.00. The molecule has 1 fully saturated rings. The summed E-state index contributed by atoms with van der Waals surface area (Å²) < 4.78 is 6.91. The third-order valence-corrected chi connectivity index (χ3v) is 6.26. The second-order valence-electron chi connectivity index (χ2n) is 8.08. The molecule has 1 unspecified atom stereocenters. The molecule has 1 saturated heterocycles. The van der Waals surface area contributed by atoms with Crippen molar-refractivity contribution in [1.82, 2.24) is 19.6 Å². The van der Waals surface area contributed by atoms with Gasteiger partial charge in [0, 0.05) is 24.2 Å². The van der Waals surface area contributed by atoms with Crippen LogP contribution in [0.3, 0.4) is 0 Å². The molecule has 2 aromatic carbocycles. The predicted octanol–water partition coefficient (Wildman–Crippen LogP) is 3.23. The Labute approximate surface area is 180 Å². The summed E-state index contributed by atoms with van der Waals surface area (Å²) in [6, 6.07) is 16.8. The number of amides is 2. The fourth-order valence-electron chi connectivity index (χ4n) is 4.63. The van der Waals surface area contributed by atoms with Crippen LogP contribution in [0.2, 0.25) is 0 Å². The predicted molar refractivity (Wildman–Crippen MR) is 116 cm³/mol. The molecule has 2 aliphatic rings. The molecule has 2 amide bonds.